The molecule has 1 aliphatic carbocycles. The number of para-hydroxylation sites is 1. The maximum Gasteiger partial charge on any atom is 0.415 e. The number of benzene rings is 3. The standard InChI is InChI=1S/C37H35Cl2N3O8/c1-47-31-11-10-23(14-33(31)48-2)32(15-24-27(38)16-40-17-28(24)39)49-35(45)22-8-6-21(7-9-22)18-42(29-4-3-5-30(43)34(29)44)36(46)50-37-20-41-13-12-25(37)26(37)19-41/h3-11,14,16-17,25-26,32,43-44H,12-13,15,18-20H2,1-2H3/p+1/t25?,26?,32-,37+/m0/s1. The number of hydrogen-bond acceptors (Lipinski definition) is 9. The minimum Gasteiger partial charge on any atom is -0.504 e. The number of aromatic hydroxyl groups is 2. The quantitative estimate of drug-likeness (QED) is 0.137. The number of H-pyrrole nitrogens is 1. The van der Waals surface area contributed by atoms with Gasteiger partial charge in [0.25, 0.3) is 0 Å². The van der Waals surface area contributed by atoms with Crippen molar-refractivity contribution in [1.82, 2.24) is 4.90 Å². The molecule has 3 N–H and O–H groups in total. The largest absolute Gasteiger partial charge is 0.504 e. The van der Waals surface area contributed by atoms with Gasteiger partial charge in [-0.1, -0.05) is 47.5 Å². The molecule has 4 bridgehead atoms. The number of rotatable bonds is 11. The monoisotopic (exact) mass is 720 g/mol. The normalized spacial score (nSPS) is 22.0. The van der Waals surface area contributed by atoms with E-state index in [4.69, 9.17) is 42.1 Å². The summed E-state index contributed by atoms with van der Waals surface area (Å²) in [5.74, 6) is 0.263. The summed E-state index contributed by atoms with van der Waals surface area (Å²) in [5.41, 5.74) is 1.75. The highest BCUT2D eigenvalue weighted by molar-refractivity contribution is 6.35. The van der Waals surface area contributed by atoms with Crippen LogP contribution in [-0.4, -0.2) is 66.6 Å². The summed E-state index contributed by atoms with van der Waals surface area (Å²) >= 11 is 12.9. The first kappa shape index (κ1) is 33.8. The van der Waals surface area contributed by atoms with Gasteiger partial charge in [0, 0.05) is 36.9 Å². The number of phenolic OH excluding ortho intramolecular Hbond substituents is 2. The number of esters is 1. The number of anilines is 1. The van der Waals surface area contributed by atoms with Crippen LogP contribution in [0, 0.1) is 11.8 Å². The van der Waals surface area contributed by atoms with E-state index in [1.807, 2.05) is 0 Å². The Morgan fingerprint density at radius 3 is 2.38 bits per heavy atom. The summed E-state index contributed by atoms with van der Waals surface area (Å²) in [4.78, 5) is 33.9. The fraction of sp³-hybridized carbons (Fsp3) is 0.324. The predicted octanol–water partition coefficient (Wildman–Crippen LogP) is 6.22. The average molecular weight is 722 g/mol. The number of ether oxygens (including phenoxy) is 4. The molecule has 3 aromatic carbocycles. The molecule has 4 aromatic rings. The first-order valence-corrected chi connectivity index (χ1v) is 17.0. The van der Waals surface area contributed by atoms with Crippen LogP contribution in [0.3, 0.4) is 0 Å². The van der Waals surface area contributed by atoms with Gasteiger partial charge in [-0.2, -0.15) is 0 Å². The summed E-state index contributed by atoms with van der Waals surface area (Å²) in [6.45, 7) is 2.64. The number of halogens is 2. The van der Waals surface area contributed by atoms with Crippen LogP contribution in [0.25, 0.3) is 0 Å². The Bertz CT molecular complexity index is 1920. The fourth-order valence-corrected chi connectivity index (χ4v) is 7.90. The number of fused-ring (bicyclic) bond motifs is 1. The van der Waals surface area contributed by atoms with Gasteiger partial charge in [-0.05, 0) is 60.5 Å². The van der Waals surface area contributed by atoms with E-state index in [0.29, 0.717) is 56.6 Å². The lowest BCUT2D eigenvalue weighted by Crippen LogP contribution is -2.42. The Morgan fingerprint density at radius 2 is 1.74 bits per heavy atom. The van der Waals surface area contributed by atoms with Gasteiger partial charge >= 0.3 is 12.1 Å². The number of phenols is 2. The molecule has 50 heavy (non-hydrogen) atoms. The van der Waals surface area contributed by atoms with Crippen LogP contribution in [0.1, 0.15) is 39.6 Å². The zero-order chi connectivity index (χ0) is 35.2. The van der Waals surface area contributed by atoms with Gasteiger partial charge in [0.2, 0.25) is 0 Å². The Labute approximate surface area is 298 Å². The molecule has 3 unspecified atom stereocenters. The van der Waals surface area contributed by atoms with E-state index in [9.17, 15) is 19.8 Å². The summed E-state index contributed by atoms with van der Waals surface area (Å²) in [5, 5.41) is 21.7. The number of carbonyl (C=O) groups is 2. The fourth-order valence-electron chi connectivity index (χ4n) is 7.37. The molecule has 0 spiro atoms. The van der Waals surface area contributed by atoms with Gasteiger partial charge in [0.05, 0.1) is 32.0 Å². The van der Waals surface area contributed by atoms with Gasteiger partial charge in [-0.25, -0.2) is 14.6 Å². The minimum atomic E-state index is -0.800. The number of amides is 1. The molecular weight excluding hydrogens is 685 g/mol. The molecule has 0 radical (unpaired) electrons. The van der Waals surface area contributed by atoms with Gasteiger partial charge in [0.1, 0.15) is 21.8 Å². The van der Waals surface area contributed by atoms with E-state index in [1.165, 1.54) is 25.2 Å². The number of carbonyl (C=O) groups excluding carboxylic acids is 2. The number of aromatic nitrogens is 1. The zero-order valence-electron chi connectivity index (χ0n) is 27.4. The molecule has 4 fully saturated rings. The van der Waals surface area contributed by atoms with Gasteiger partial charge in [-0.15, -0.1) is 0 Å². The first-order chi connectivity index (χ1) is 24.1. The van der Waals surface area contributed by atoms with E-state index < -0.39 is 29.5 Å². The number of pyridine rings is 1. The van der Waals surface area contributed by atoms with Crippen molar-refractivity contribution in [1.29, 1.82) is 0 Å². The highest BCUT2D eigenvalue weighted by Crippen LogP contribution is 2.63. The van der Waals surface area contributed by atoms with E-state index in [1.54, 1.807) is 67.0 Å². The Kier molecular flexibility index (Phi) is 9.15. The van der Waals surface area contributed by atoms with Crippen LogP contribution in [0.4, 0.5) is 10.5 Å². The van der Waals surface area contributed by atoms with Crippen LogP contribution in [-0.2, 0) is 22.4 Å². The summed E-state index contributed by atoms with van der Waals surface area (Å²) < 4.78 is 23.1. The zero-order valence-corrected chi connectivity index (χ0v) is 28.9. The summed E-state index contributed by atoms with van der Waals surface area (Å²) in [6.07, 6.45) is 2.96. The SMILES string of the molecule is COc1ccc([C@H](Cc2c(Cl)c[nH+]cc2Cl)OC(=O)c2ccc(CN(C(=O)O[C@]34CN5CCC3C4C5)c3cccc(O)c3O)cc2)cc1OC. The molecule has 1 saturated carbocycles. The van der Waals surface area contributed by atoms with E-state index in [0.717, 1.165) is 19.5 Å². The van der Waals surface area contributed by atoms with Crippen LogP contribution < -0.4 is 19.4 Å². The summed E-state index contributed by atoms with van der Waals surface area (Å²) in [6, 6.07) is 16.3. The Balaban J connectivity index is 1.12. The average Bonchev–Trinajstić information content (AvgIpc) is 3.61. The highest BCUT2D eigenvalue weighted by atomic mass is 35.5. The van der Waals surface area contributed by atoms with Crippen LogP contribution >= 0.6 is 23.2 Å². The topological polar surface area (TPSA) is 132 Å². The number of hydrogen-bond donors (Lipinski definition) is 2. The van der Waals surface area contributed by atoms with Crippen LogP contribution in [0.15, 0.2) is 73.1 Å². The second kappa shape index (κ2) is 13.5. The molecule has 3 saturated heterocycles. The van der Waals surface area contributed by atoms with Crippen molar-refractivity contribution < 1.29 is 43.7 Å². The van der Waals surface area contributed by atoms with E-state index in [-0.39, 0.29) is 30.0 Å². The van der Waals surface area contributed by atoms with Gasteiger partial charge in [0.15, 0.2) is 35.4 Å². The number of piperidine rings is 3. The van der Waals surface area contributed by atoms with Crippen molar-refractivity contribution in [2.24, 2.45) is 11.8 Å². The molecule has 11 nitrogen and oxygen atoms in total. The molecule has 4 aliphatic rings. The lowest BCUT2D eigenvalue weighted by molar-refractivity contribution is -0.377. The lowest BCUT2D eigenvalue weighted by atomic mass is 10.0. The van der Waals surface area contributed by atoms with Crippen molar-refractivity contribution >= 4 is 41.0 Å². The highest BCUT2D eigenvalue weighted by Gasteiger charge is 2.74. The molecule has 8 rings (SSSR count). The smallest absolute Gasteiger partial charge is 0.415 e. The second-order valence-electron chi connectivity index (χ2n) is 12.8. The number of methoxy groups -OCH3 is 2. The van der Waals surface area contributed by atoms with Crippen molar-refractivity contribution in [3.05, 3.63) is 105 Å². The number of nitrogens with zero attached hydrogens (tertiary/aromatic N) is 2. The molecule has 1 amide bonds. The van der Waals surface area contributed by atoms with Crippen molar-refractivity contribution in [3.8, 4) is 23.0 Å². The molecule has 3 aliphatic heterocycles. The lowest BCUT2D eigenvalue weighted by Gasteiger charge is -2.31. The number of nitrogens with one attached hydrogen (secondary N) is 1. The van der Waals surface area contributed by atoms with Crippen LogP contribution in [0.5, 0.6) is 23.0 Å². The maximum atomic E-state index is 13.8. The first-order valence-electron chi connectivity index (χ1n) is 16.2. The van der Waals surface area contributed by atoms with E-state index >= 15 is 0 Å². The molecule has 5 atom stereocenters. The Hall–Kier alpha value is -4.71. The van der Waals surface area contributed by atoms with E-state index in [2.05, 4.69) is 9.88 Å². The maximum absolute atomic E-state index is 13.8. The number of aromatic amines is 1. The molecule has 1 aromatic heterocycles. The Morgan fingerprint density at radius 1 is 1.00 bits per heavy atom. The van der Waals surface area contributed by atoms with Crippen molar-refractivity contribution in [2.45, 2.75) is 31.1 Å². The molecule has 260 valence electrons. The van der Waals surface area contributed by atoms with Crippen molar-refractivity contribution in [2.75, 3.05) is 38.8 Å². The van der Waals surface area contributed by atoms with Crippen LogP contribution in [0.2, 0.25) is 10.0 Å². The summed E-state index contributed by atoms with van der Waals surface area (Å²) in [7, 11) is 3.05. The third-order valence-electron chi connectivity index (χ3n) is 10.0. The van der Waals surface area contributed by atoms with Crippen molar-refractivity contribution in [3.63, 3.8) is 0 Å². The minimum absolute atomic E-state index is 0.0105. The third-order valence-corrected chi connectivity index (χ3v) is 10.7. The predicted molar refractivity (Wildman–Crippen MR) is 184 cm³/mol. The van der Waals surface area contributed by atoms with Gasteiger partial charge < -0.3 is 29.2 Å². The molecule has 13 heteroatoms. The second-order valence-corrected chi connectivity index (χ2v) is 13.6. The molecule has 4 heterocycles. The molecular formula is C37H36Cl2N3O8+. The van der Waals surface area contributed by atoms with Gasteiger partial charge in [-0.3, -0.25) is 9.80 Å². The third kappa shape index (κ3) is 6.25.